The minimum absolute atomic E-state index is 0.557. The Morgan fingerprint density at radius 2 is 2.06 bits per heavy atom. The van der Waals surface area contributed by atoms with Crippen LogP contribution in [-0.2, 0) is 13.0 Å². The summed E-state index contributed by atoms with van der Waals surface area (Å²) < 4.78 is 1.97. The van der Waals surface area contributed by atoms with Crippen LogP contribution in [0.5, 0.6) is 0 Å². The van der Waals surface area contributed by atoms with Gasteiger partial charge in [0.1, 0.15) is 0 Å². The normalized spacial score (nSPS) is 10.7. The quantitative estimate of drug-likeness (QED) is 0.625. The zero-order valence-corrected chi connectivity index (χ0v) is 10.9. The third-order valence-corrected chi connectivity index (χ3v) is 3.05. The van der Waals surface area contributed by atoms with E-state index in [-0.39, 0.29) is 0 Å². The molecule has 0 aromatic carbocycles. The first-order valence-corrected chi connectivity index (χ1v) is 5.96. The van der Waals surface area contributed by atoms with Gasteiger partial charge in [-0.3, -0.25) is 9.67 Å². The number of hydrogen-bond acceptors (Lipinski definition) is 5. The topological polar surface area (TPSA) is 81.7 Å². The second-order valence-electron chi connectivity index (χ2n) is 4.20. The Balaban J connectivity index is 2.22. The molecule has 0 radical (unpaired) electrons. The molecule has 2 heterocycles. The van der Waals surface area contributed by atoms with Crippen molar-refractivity contribution in [3.8, 4) is 0 Å². The largest absolute Gasteiger partial charge is 0.307 e. The zero-order valence-electron chi connectivity index (χ0n) is 10.9. The Labute approximate surface area is 106 Å². The van der Waals surface area contributed by atoms with Crippen molar-refractivity contribution in [2.75, 3.05) is 5.43 Å². The van der Waals surface area contributed by atoms with E-state index in [1.807, 2.05) is 11.6 Å². The van der Waals surface area contributed by atoms with Gasteiger partial charge in [0.15, 0.2) is 5.82 Å². The fourth-order valence-electron chi connectivity index (χ4n) is 2.06. The van der Waals surface area contributed by atoms with Crippen LogP contribution < -0.4 is 11.3 Å². The van der Waals surface area contributed by atoms with Crippen molar-refractivity contribution >= 4 is 5.82 Å². The van der Waals surface area contributed by atoms with Crippen LogP contribution >= 0.6 is 0 Å². The Morgan fingerprint density at radius 1 is 1.28 bits per heavy atom. The molecule has 0 amide bonds. The van der Waals surface area contributed by atoms with E-state index in [9.17, 15) is 0 Å². The predicted molar refractivity (Wildman–Crippen MR) is 70.0 cm³/mol. The Morgan fingerprint density at radius 3 is 2.56 bits per heavy atom. The van der Waals surface area contributed by atoms with Crippen LogP contribution in [0.1, 0.15) is 29.6 Å². The molecule has 3 N–H and O–H groups in total. The standard InChI is InChI=1S/C12H18N6/c1-4-11-8(2)17-18(9(11)3)7-10-5-15-12(16-13)6-14-10/h5-6H,4,7,13H2,1-3H3,(H,15,16). The van der Waals surface area contributed by atoms with E-state index in [1.165, 1.54) is 11.3 Å². The lowest BCUT2D eigenvalue weighted by molar-refractivity contribution is 0.644. The molecule has 18 heavy (non-hydrogen) atoms. The molecule has 0 unspecified atom stereocenters. The summed E-state index contributed by atoms with van der Waals surface area (Å²) in [5.74, 6) is 5.80. The number of anilines is 1. The first-order chi connectivity index (χ1) is 8.65. The molecule has 0 saturated carbocycles. The molecule has 0 saturated heterocycles. The number of hydrogen-bond donors (Lipinski definition) is 2. The summed E-state index contributed by atoms with van der Waals surface area (Å²) in [5, 5.41) is 4.53. The molecule has 2 aromatic heterocycles. The van der Waals surface area contributed by atoms with Crippen molar-refractivity contribution in [2.45, 2.75) is 33.7 Å². The van der Waals surface area contributed by atoms with E-state index < -0.39 is 0 Å². The van der Waals surface area contributed by atoms with Gasteiger partial charge in [-0.1, -0.05) is 6.92 Å². The smallest absolute Gasteiger partial charge is 0.158 e. The van der Waals surface area contributed by atoms with Crippen molar-refractivity contribution in [2.24, 2.45) is 5.84 Å². The molecule has 2 rings (SSSR count). The van der Waals surface area contributed by atoms with E-state index in [2.05, 4.69) is 34.3 Å². The highest BCUT2D eigenvalue weighted by Crippen LogP contribution is 2.14. The van der Waals surface area contributed by atoms with Gasteiger partial charge in [0, 0.05) is 5.69 Å². The van der Waals surface area contributed by atoms with Crippen molar-refractivity contribution in [1.29, 1.82) is 0 Å². The number of aromatic nitrogens is 4. The Hall–Kier alpha value is -1.95. The maximum absolute atomic E-state index is 5.25. The Kier molecular flexibility index (Phi) is 3.57. The maximum atomic E-state index is 5.25. The monoisotopic (exact) mass is 246 g/mol. The number of nitrogen functional groups attached to an aromatic ring is 1. The molecular weight excluding hydrogens is 228 g/mol. The van der Waals surface area contributed by atoms with Gasteiger partial charge in [0.25, 0.3) is 0 Å². The summed E-state index contributed by atoms with van der Waals surface area (Å²) in [6, 6.07) is 0. The molecule has 6 nitrogen and oxygen atoms in total. The molecule has 0 aliphatic heterocycles. The van der Waals surface area contributed by atoms with E-state index in [0.29, 0.717) is 12.4 Å². The highest BCUT2D eigenvalue weighted by atomic mass is 15.3. The summed E-state index contributed by atoms with van der Waals surface area (Å²) in [4.78, 5) is 8.42. The molecule has 0 atom stereocenters. The van der Waals surface area contributed by atoms with Crippen molar-refractivity contribution in [3.63, 3.8) is 0 Å². The minimum atomic E-state index is 0.557. The third kappa shape index (κ3) is 2.33. The number of nitrogens with zero attached hydrogens (tertiary/aromatic N) is 4. The van der Waals surface area contributed by atoms with Gasteiger partial charge in [-0.25, -0.2) is 10.8 Å². The molecule has 0 fully saturated rings. The third-order valence-electron chi connectivity index (χ3n) is 3.05. The molecule has 6 heteroatoms. The number of hydrazine groups is 1. The molecule has 96 valence electrons. The average Bonchev–Trinajstić information content (AvgIpc) is 2.65. The molecule has 0 spiro atoms. The molecular formula is C12H18N6. The van der Waals surface area contributed by atoms with E-state index in [4.69, 9.17) is 5.84 Å². The van der Waals surface area contributed by atoms with Gasteiger partial charge in [0.05, 0.1) is 30.3 Å². The second kappa shape index (κ2) is 5.14. The first kappa shape index (κ1) is 12.5. The van der Waals surface area contributed by atoms with Gasteiger partial charge in [0.2, 0.25) is 0 Å². The van der Waals surface area contributed by atoms with Crippen molar-refractivity contribution in [3.05, 3.63) is 35.0 Å². The lowest BCUT2D eigenvalue weighted by atomic mass is 10.1. The predicted octanol–water partition coefficient (Wildman–Crippen LogP) is 1.19. The molecule has 0 aliphatic rings. The molecule has 0 aliphatic carbocycles. The molecule has 0 bridgehead atoms. The van der Waals surface area contributed by atoms with E-state index in [0.717, 1.165) is 17.8 Å². The van der Waals surface area contributed by atoms with Crippen LogP contribution in [0, 0.1) is 13.8 Å². The van der Waals surface area contributed by atoms with Crippen LogP contribution in [-0.4, -0.2) is 19.7 Å². The van der Waals surface area contributed by atoms with E-state index in [1.54, 1.807) is 12.4 Å². The maximum Gasteiger partial charge on any atom is 0.158 e. The van der Waals surface area contributed by atoms with Crippen LogP contribution in [0.25, 0.3) is 0 Å². The van der Waals surface area contributed by atoms with Gasteiger partial charge >= 0.3 is 0 Å². The van der Waals surface area contributed by atoms with Crippen molar-refractivity contribution in [1.82, 2.24) is 19.7 Å². The van der Waals surface area contributed by atoms with E-state index >= 15 is 0 Å². The second-order valence-corrected chi connectivity index (χ2v) is 4.20. The van der Waals surface area contributed by atoms with Gasteiger partial charge in [-0.05, 0) is 25.8 Å². The number of nitrogens with one attached hydrogen (secondary N) is 1. The van der Waals surface area contributed by atoms with Gasteiger partial charge < -0.3 is 5.43 Å². The summed E-state index contributed by atoms with van der Waals surface area (Å²) in [6.07, 6.45) is 4.32. The lowest BCUT2D eigenvalue weighted by Gasteiger charge is -2.05. The van der Waals surface area contributed by atoms with Crippen LogP contribution in [0.3, 0.4) is 0 Å². The van der Waals surface area contributed by atoms with Crippen LogP contribution in [0.2, 0.25) is 0 Å². The van der Waals surface area contributed by atoms with Gasteiger partial charge in [-0.15, -0.1) is 0 Å². The average molecular weight is 246 g/mol. The minimum Gasteiger partial charge on any atom is -0.307 e. The highest BCUT2D eigenvalue weighted by Gasteiger charge is 2.10. The summed E-state index contributed by atoms with van der Waals surface area (Å²) >= 11 is 0. The zero-order chi connectivity index (χ0) is 13.1. The number of nitrogens with two attached hydrogens (primary N) is 1. The van der Waals surface area contributed by atoms with Crippen LogP contribution in [0.15, 0.2) is 12.4 Å². The number of rotatable bonds is 4. The van der Waals surface area contributed by atoms with Crippen molar-refractivity contribution < 1.29 is 0 Å². The lowest BCUT2D eigenvalue weighted by Crippen LogP contribution is -2.11. The fraction of sp³-hybridized carbons (Fsp3) is 0.417. The Bertz CT molecular complexity index is 528. The molecule has 2 aromatic rings. The summed E-state index contributed by atoms with van der Waals surface area (Å²) in [5.41, 5.74) is 6.91. The highest BCUT2D eigenvalue weighted by molar-refractivity contribution is 5.29. The fourth-order valence-corrected chi connectivity index (χ4v) is 2.06. The summed E-state index contributed by atoms with van der Waals surface area (Å²) in [7, 11) is 0. The van der Waals surface area contributed by atoms with Gasteiger partial charge in [-0.2, -0.15) is 5.10 Å². The van der Waals surface area contributed by atoms with Crippen LogP contribution in [0.4, 0.5) is 5.82 Å². The number of aryl methyl sites for hydroxylation is 1. The SMILES string of the molecule is CCc1c(C)nn(Cc2cnc(NN)cn2)c1C. The summed E-state index contributed by atoms with van der Waals surface area (Å²) in [6.45, 7) is 6.89. The first-order valence-electron chi connectivity index (χ1n) is 5.96.